The molecule has 0 aliphatic carbocycles. The van der Waals surface area contributed by atoms with E-state index in [-0.39, 0.29) is 23.1 Å². The quantitative estimate of drug-likeness (QED) is 0.550. The van der Waals surface area contributed by atoms with Crippen LogP contribution in [-0.4, -0.2) is 17.3 Å². The van der Waals surface area contributed by atoms with E-state index in [4.69, 9.17) is 21.4 Å². The minimum Gasteiger partial charge on any atom is -0.504 e. The number of hydrogen-bond donors (Lipinski definition) is 2. The predicted octanol–water partition coefficient (Wildman–Crippen LogP) is 1.85. The van der Waals surface area contributed by atoms with Gasteiger partial charge in [-0.2, -0.15) is 0 Å². The average molecular weight is 189 g/mol. The Morgan fingerprint density at radius 1 is 1.42 bits per heavy atom. The van der Waals surface area contributed by atoms with Crippen molar-refractivity contribution in [2.75, 3.05) is 7.11 Å². The first-order valence-corrected chi connectivity index (χ1v) is 3.87. The molecule has 66 valence electrons. The van der Waals surface area contributed by atoms with Crippen LogP contribution in [0.15, 0.2) is 12.1 Å². The summed E-state index contributed by atoms with van der Waals surface area (Å²) in [5.41, 5.74) is 0.698. The SMILES string of the molecule is COc1cc(CCl)cc(O)c1O. The number of alkyl halides is 1. The van der Waals surface area contributed by atoms with Gasteiger partial charge in [0.1, 0.15) is 0 Å². The molecule has 3 nitrogen and oxygen atoms in total. The molecule has 0 saturated carbocycles. The molecule has 0 heterocycles. The number of halogens is 1. The Balaban J connectivity index is 3.19. The Kier molecular flexibility index (Phi) is 2.65. The van der Waals surface area contributed by atoms with E-state index in [1.165, 1.54) is 13.2 Å². The highest BCUT2D eigenvalue weighted by atomic mass is 35.5. The van der Waals surface area contributed by atoms with Gasteiger partial charge in [0, 0.05) is 5.88 Å². The van der Waals surface area contributed by atoms with Crippen LogP contribution in [0.2, 0.25) is 0 Å². The van der Waals surface area contributed by atoms with Crippen LogP contribution in [0.3, 0.4) is 0 Å². The number of hydrogen-bond acceptors (Lipinski definition) is 3. The van der Waals surface area contributed by atoms with E-state index in [9.17, 15) is 5.11 Å². The topological polar surface area (TPSA) is 49.7 Å². The lowest BCUT2D eigenvalue weighted by molar-refractivity contribution is 0.350. The fourth-order valence-electron chi connectivity index (χ4n) is 0.881. The first-order valence-electron chi connectivity index (χ1n) is 3.34. The Hall–Kier alpha value is -1.09. The fraction of sp³-hybridized carbons (Fsp3) is 0.250. The Morgan fingerprint density at radius 3 is 2.58 bits per heavy atom. The monoisotopic (exact) mass is 188 g/mol. The number of phenolic OH excluding ortho intramolecular Hbond substituents is 2. The van der Waals surface area contributed by atoms with E-state index in [1.54, 1.807) is 6.07 Å². The summed E-state index contributed by atoms with van der Waals surface area (Å²) in [6.07, 6.45) is 0. The molecule has 0 saturated heterocycles. The van der Waals surface area contributed by atoms with Crippen molar-refractivity contribution in [2.24, 2.45) is 0 Å². The van der Waals surface area contributed by atoms with Crippen LogP contribution in [0.1, 0.15) is 5.56 Å². The lowest BCUT2D eigenvalue weighted by atomic mass is 10.2. The molecule has 0 radical (unpaired) electrons. The van der Waals surface area contributed by atoms with Gasteiger partial charge in [0.05, 0.1) is 7.11 Å². The number of ether oxygens (including phenoxy) is 1. The van der Waals surface area contributed by atoms with Gasteiger partial charge in [-0.3, -0.25) is 0 Å². The fourth-order valence-corrected chi connectivity index (χ4v) is 1.04. The standard InChI is InChI=1S/C8H9ClO3/c1-12-7-3-5(4-9)2-6(10)8(7)11/h2-3,10-11H,4H2,1H3. The largest absolute Gasteiger partial charge is 0.504 e. The van der Waals surface area contributed by atoms with E-state index < -0.39 is 0 Å². The number of methoxy groups -OCH3 is 1. The molecule has 0 atom stereocenters. The van der Waals surface area contributed by atoms with E-state index in [2.05, 4.69) is 0 Å². The minimum atomic E-state index is -0.258. The van der Waals surface area contributed by atoms with Crippen molar-refractivity contribution in [2.45, 2.75) is 5.88 Å². The molecule has 0 aliphatic rings. The highest BCUT2D eigenvalue weighted by Crippen LogP contribution is 2.36. The summed E-state index contributed by atoms with van der Waals surface area (Å²) < 4.78 is 4.80. The molecule has 2 N–H and O–H groups in total. The van der Waals surface area contributed by atoms with Gasteiger partial charge >= 0.3 is 0 Å². The maximum absolute atomic E-state index is 9.20. The Labute approximate surface area is 75.2 Å². The van der Waals surface area contributed by atoms with Crippen LogP contribution in [0, 0.1) is 0 Å². The van der Waals surface area contributed by atoms with Gasteiger partial charge in [0.15, 0.2) is 11.5 Å². The van der Waals surface area contributed by atoms with Crippen molar-refractivity contribution >= 4 is 11.6 Å². The molecule has 0 unspecified atom stereocenters. The van der Waals surface area contributed by atoms with Gasteiger partial charge in [0.2, 0.25) is 5.75 Å². The third-order valence-electron chi connectivity index (χ3n) is 1.49. The van der Waals surface area contributed by atoms with Crippen molar-refractivity contribution in [1.29, 1.82) is 0 Å². The van der Waals surface area contributed by atoms with E-state index in [0.29, 0.717) is 5.56 Å². The molecule has 0 aromatic heterocycles. The molecular weight excluding hydrogens is 180 g/mol. The van der Waals surface area contributed by atoms with Crippen LogP contribution < -0.4 is 4.74 Å². The minimum absolute atomic E-state index is 0.218. The van der Waals surface area contributed by atoms with Crippen molar-refractivity contribution in [3.8, 4) is 17.2 Å². The molecule has 12 heavy (non-hydrogen) atoms. The molecule has 0 amide bonds. The maximum Gasteiger partial charge on any atom is 0.200 e. The zero-order valence-corrected chi connectivity index (χ0v) is 7.30. The average Bonchev–Trinajstić information content (AvgIpc) is 2.09. The van der Waals surface area contributed by atoms with Crippen LogP contribution in [0.4, 0.5) is 0 Å². The number of benzene rings is 1. The predicted molar refractivity (Wildman–Crippen MR) is 45.9 cm³/mol. The third kappa shape index (κ3) is 1.56. The van der Waals surface area contributed by atoms with E-state index >= 15 is 0 Å². The van der Waals surface area contributed by atoms with Crippen LogP contribution in [-0.2, 0) is 5.88 Å². The summed E-state index contributed by atoms with van der Waals surface area (Å²) in [6, 6.07) is 2.97. The second-order valence-electron chi connectivity index (χ2n) is 2.30. The lowest BCUT2D eigenvalue weighted by Crippen LogP contribution is -1.86. The maximum atomic E-state index is 9.20. The summed E-state index contributed by atoms with van der Waals surface area (Å²) in [4.78, 5) is 0. The highest BCUT2D eigenvalue weighted by Gasteiger charge is 2.08. The first-order chi connectivity index (χ1) is 5.69. The van der Waals surface area contributed by atoms with E-state index in [0.717, 1.165) is 0 Å². The second kappa shape index (κ2) is 3.54. The van der Waals surface area contributed by atoms with Crippen molar-refractivity contribution in [3.05, 3.63) is 17.7 Å². The Bertz CT molecular complexity index is 286. The molecule has 0 spiro atoms. The van der Waals surface area contributed by atoms with Crippen LogP contribution in [0.25, 0.3) is 0 Å². The van der Waals surface area contributed by atoms with Gasteiger partial charge in [-0.05, 0) is 17.7 Å². The summed E-state index contributed by atoms with van der Waals surface area (Å²) in [5, 5.41) is 18.4. The normalized spacial score (nSPS) is 9.83. The van der Waals surface area contributed by atoms with E-state index in [1.807, 2.05) is 0 Å². The third-order valence-corrected chi connectivity index (χ3v) is 1.80. The van der Waals surface area contributed by atoms with Crippen molar-refractivity contribution in [1.82, 2.24) is 0 Å². The molecule has 0 fully saturated rings. The molecule has 4 heteroatoms. The second-order valence-corrected chi connectivity index (χ2v) is 2.57. The van der Waals surface area contributed by atoms with Gasteiger partial charge in [0.25, 0.3) is 0 Å². The van der Waals surface area contributed by atoms with Crippen molar-refractivity contribution in [3.63, 3.8) is 0 Å². The molecular formula is C8H9ClO3. The Morgan fingerprint density at radius 2 is 2.08 bits per heavy atom. The van der Waals surface area contributed by atoms with Gasteiger partial charge in [-0.25, -0.2) is 0 Å². The molecule has 1 aromatic carbocycles. The molecule has 0 aliphatic heterocycles. The molecule has 1 aromatic rings. The number of phenols is 2. The van der Waals surface area contributed by atoms with Crippen LogP contribution in [0.5, 0.6) is 17.2 Å². The number of aromatic hydroxyl groups is 2. The summed E-state index contributed by atoms with van der Waals surface area (Å²) in [7, 11) is 1.41. The zero-order valence-electron chi connectivity index (χ0n) is 6.54. The summed E-state index contributed by atoms with van der Waals surface area (Å²) in [5.74, 6) is 0.0199. The molecule has 0 bridgehead atoms. The van der Waals surface area contributed by atoms with Gasteiger partial charge in [-0.15, -0.1) is 11.6 Å². The van der Waals surface area contributed by atoms with Gasteiger partial charge < -0.3 is 14.9 Å². The zero-order chi connectivity index (χ0) is 9.14. The smallest absolute Gasteiger partial charge is 0.200 e. The van der Waals surface area contributed by atoms with Crippen LogP contribution >= 0.6 is 11.6 Å². The molecule has 1 rings (SSSR count). The summed E-state index contributed by atoms with van der Waals surface area (Å²) in [6.45, 7) is 0. The lowest BCUT2D eigenvalue weighted by Gasteiger charge is -2.06. The van der Waals surface area contributed by atoms with Crippen molar-refractivity contribution < 1.29 is 14.9 Å². The first kappa shape index (κ1) is 9.00. The highest BCUT2D eigenvalue weighted by molar-refractivity contribution is 6.17. The van der Waals surface area contributed by atoms with Gasteiger partial charge in [-0.1, -0.05) is 0 Å². The summed E-state index contributed by atoms with van der Waals surface area (Å²) >= 11 is 5.53. The number of rotatable bonds is 2.